The van der Waals surface area contributed by atoms with Crippen molar-refractivity contribution in [2.24, 2.45) is 5.10 Å². The SMILES string of the molecule is CCN(CC)S(=O)(=O)c1ccc(-c2ccc(C=NNC(=O)c3ccccc3Cl)o2)cc1. The van der Waals surface area contributed by atoms with Gasteiger partial charge in [-0.1, -0.05) is 37.6 Å². The molecule has 0 atom stereocenters. The van der Waals surface area contributed by atoms with E-state index in [1.165, 1.54) is 10.5 Å². The molecule has 0 aliphatic carbocycles. The second-order valence-electron chi connectivity index (χ2n) is 6.49. The lowest BCUT2D eigenvalue weighted by Crippen LogP contribution is -2.30. The van der Waals surface area contributed by atoms with Crippen molar-refractivity contribution >= 4 is 33.7 Å². The van der Waals surface area contributed by atoms with Gasteiger partial charge >= 0.3 is 0 Å². The van der Waals surface area contributed by atoms with Crippen molar-refractivity contribution < 1.29 is 17.6 Å². The number of hydrogen-bond donors (Lipinski definition) is 1. The molecule has 3 aromatic rings. The number of benzene rings is 2. The lowest BCUT2D eigenvalue weighted by atomic mass is 10.2. The van der Waals surface area contributed by atoms with E-state index in [0.717, 1.165) is 5.56 Å². The van der Waals surface area contributed by atoms with Crippen LogP contribution < -0.4 is 5.43 Å². The fourth-order valence-corrected chi connectivity index (χ4v) is 4.62. The van der Waals surface area contributed by atoms with Crippen molar-refractivity contribution in [1.29, 1.82) is 0 Å². The van der Waals surface area contributed by atoms with Gasteiger partial charge in [0.2, 0.25) is 10.0 Å². The number of sulfonamides is 1. The summed E-state index contributed by atoms with van der Waals surface area (Å²) in [7, 11) is -3.51. The molecule has 1 heterocycles. The van der Waals surface area contributed by atoms with Crippen LogP contribution in [-0.2, 0) is 10.0 Å². The smallest absolute Gasteiger partial charge is 0.272 e. The summed E-state index contributed by atoms with van der Waals surface area (Å²) in [6.45, 7) is 4.43. The van der Waals surface area contributed by atoms with E-state index in [1.807, 2.05) is 0 Å². The first-order valence-corrected chi connectivity index (χ1v) is 11.5. The zero-order valence-corrected chi connectivity index (χ0v) is 18.7. The van der Waals surface area contributed by atoms with Gasteiger partial charge < -0.3 is 4.42 Å². The van der Waals surface area contributed by atoms with Crippen LogP contribution in [0.4, 0.5) is 0 Å². The van der Waals surface area contributed by atoms with E-state index in [9.17, 15) is 13.2 Å². The Morgan fingerprint density at radius 2 is 1.74 bits per heavy atom. The Hall–Kier alpha value is -2.94. The Morgan fingerprint density at radius 3 is 2.39 bits per heavy atom. The number of amides is 1. The monoisotopic (exact) mass is 459 g/mol. The molecule has 0 unspecified atom stereocenters. The van der Waals surface area contributed by atoms with Gasteiger partial charge in [0.25, 0.3) is 5.91 Å². The third-order valence-electron chi connectivity index (χ3n) is 4.59. The molecule has 0 fully saturated rings. The van der Waals surface area contributed by atoms with Crippen molar-refractivity contribution in [3.05, 3.63) is 77.0 Å². The molecule has 0 radical (unpaired) electrons. The van der Waals surface area contributed by atoms with Crippen LogP contribution in [0.3, 0.4) is 0 Å². The Kier molecular flexibility index (Phi) is 7.27. The number of rotatable bonds is 8. The molecule has 1 amide bonds. The predicted octanol–water partition coefficient (Wildman–Crippen LogP) is 4.39. The zero-order valence-electron chi connectivity index (χ0n) is 17.1. The molecule has 0 aliphatic rings. The molecule has 162 valence electrons. The van der Waals surface area contributed by atoms with Crippen molar-refractivity contribution in [3.8, 4) is 11.3 Å². The van der Waals surface area contributed by atoms with Gasteiger partial charge in [0.05, 0.1) is 21.7 Å². The molecule has 31 heavy (non-hydrogen) atoms. The highest BCUT2D eigenvalue weighted by atomic mass is 35.5. The van der Waals surface area contributed by atoms with Crippen LogP contribution >= 0.6 is 11.6 Å². The lowest BCUT2D eigenvalue weighted by molar-refractivity contribution is 0.0955. The minimum Gasteiger partial charge on any atom is -0.455 e. The summed E-state index contributed by atoms with van der Waals surface area (Å²) in [5.74, 6) is 0.540. The number of furan rings is 1. The summed E-state index contributed by atoms with van der Waals surface area (Å²) in [4.78, 5) is 12.3. The van der Waals surface area contributed by atoms with E-state index >= 15 is 0 Å². The van der Waals surface area contributed by atoms with E-state index in [4.69, 9.17) is 16.0 Å². The fourth-order valence-electron chi connectivity index (χ4n) is 2.94. The van der Waals surface area contributed by atoms with Crippen LogP contribution in [0.25, 0.3) is 11.3 Å². The topological polar surface area (TPSA) is 92.0 Å². The van der Waals surface area contributed by atoms with Crippen LogP contribution in [0.2, 0.25) is 5.02 Å². The Balaban J connectivity index is 1.69. The number of nitrogens with zero attached hydrogens (tertiary/aromatic N) is 2. The van der Waals surface area contributed by atoms with Crippen molar-refractivity contribution in [2.75, 3.05) is 13.1 Å². The Labute approximate surface area is 186 Å². The highest BCUT2D eigenvalue weighted by Crippen LogP contribution is 2.24. The minimum absolute atomic E-state index is 0.232. The molecule has 0 saturated carbocycles. The maximum atomic E-state index is 12.6. The molecule has 0 bridgehead atoms. The first kappa shape index (κ1) is 22.7. The summed E-state index contributed by atoms with van der Waals surface area (Å²) in [6.07, 6.45) is 1.37. The van der Waals surface area contributed by atoms with Gasteiger partial charge in [-0.2, -0.15) is 9.41 Å². The van der Waals surface area contributed by atoms with E-state index in [-0.39, 0.29) is 4.90 Å². The van der Waals surface area contributed by atoms with Crippen LogP contribution in [0.1, 0.15) is 30.0 Å². The maximum absolute atomic E-state index is 12.6. The average Bonchev–Trinajstić information content (AvgIpc) is 3.23. The average molecular weight is 460 g/mol. The van der Waals surface area contributed by atoms with Crippen molar-refractivity contribution in [1.82, 2.24) is 9.73 Å². The van der Waals surface area contributed by atoms with Crippen molar-refractivity contribution in [3.63, 3.8) is 0 Å². The van der Waals surface area contributed by atoms with E-state index < -0.39 is 15.9 Å². The largest absolute Gasteiger partial charge is 0.455 e. The zero-order chi connectivity index (χ0) is 22.4. The maximum Gasteiger partial charge on any atom is 0.272 e. The molecule has 0 saturated heterocycles. The standard InChI is InChI=1S/C22H22ClN3O4S/c1-3-26(4-2)31(28,29)18-12-9-16(10-13-18)21-14-11-17(30-21)15-24-25-22(27)19-7-5-6-8-20(19)23/h5-15H,3-4H2,1-2H3,(H,25,27). The van der Waals surface area contributed by atoms with E-state index in [2.05, 4.69) is 10.5 Å². The highest BCUT2D eigenvalue weighted by molar-refractivity contribution is 7.89. The Bertz CT molecular complexity index is 1180. The molecule has 9 heteroatoms. The molecule has 7 nitrogen and oxygen atoms in total. The number of hydrogen-bond acceptors (Lipinski definition) is 5. The minimum atomic E-state index is -3.51. The summed E-state index contributed by atoms with van der Waals surface area (Å²) in [5.41, 5.74) is 3.44. The number of halogens is 1. The molecule has 2 aromatic carbocycles. The van der Waals surface area contributed by atoms with Gasteiger partial charge in [-0.05, 0) is 48.5 Å². The quantitative estimate of drug-likeness (QED) is 0.399. The summed E-state index contributed by atoms with van der Waals surface area (Å²) in [5, 5.41) is 4.22. The van der Waals surface area contributed by atoms with Crippen LogP contribution in [0, 0.1) is 0 Å². The molecular weight excluding hydrogens is 438 g/mol. The summed E-state index contributed by atoms with van der Waals surface area (Å²) >= 11 is 5.99. The number of hydrazone groups is 1. The van der Waals surface area contributed by atoms with Gasteiger partial charge in [-0.25, -0.2) is 13.8 Å². The van der Waals surface area contributed by atoms with Gasteiger partial charge in [0.15, 0.2) is 0 Å². The molecular formula is C22H22ClN3O4S. The third-order valence-corrected chi connectivity index (χ3v) is 6.98. The molecule has 0 spiro atoms. The first-order chi connectivity index (χ1) is 14.9. The van der Waals surface area contributed by atoms with Crippen LogP contribution in [0.5, 0.6) is 0 Å². The van der Waals surface area contributed by atoms with Crippen molar-refractivity contribution in [2.45, 2.75) is 18.7 Å². The second kappa shape index (κ2) is 9.91. The van der Waals surface area contributed by atoms with Gasteiger partial charge in [0, 0.05) is 18.7 Å². The lowest BCUT2D eigenvalue weighted by Gasteiger charge is -2.18. The number of carbonyl (C=O) groups excluding carboxylic acids is 1. The third kappa shape index (κ3) is 5.22. The molecule has 1 aromatic heterocycles. The van der Waals surface area contributed by atoms with Gasteiger partial charge in [-0.15, -0.1) is 0 Å². The van der Waals surface area contributed by atoms with E-state index in [1.54, 1.807) is 74.5 Å². The summed E-state index contributed by atoms with van der Waals surface area (Å²) < 4.78 is 32.3. The summed E-state index contributed by atoms with van der Waals surface area (Å²) in [6, 6.07) is 16.6. The normalized spacial score (nSPS) is 11.9. The van der Waals surface area contributed by atoms with E-state index in [0.29, 0.717) is 35.2 Å². The molecule has 0 aliphatic heterocycles. The molecule has 1 N–H and O–H groups in total. The van der Waals surface area contributed by atoms with Gasteiger partial charge in [-0.3, -0.25) is 4.79 Å². The predicted molar refractivity (Wildman–Crippen MR) is 121 cm³/mol. The number of nitrogens with one attached hydrogen (secondary N) is 1. The Morgan fingerprint density at radius 1 is 1.06 bits per heavy atom. The number of carbonyl (C=O) groups is 1. The fraction of sp³-hybridized carbons (Fsp3) is 0.182. The van der Waals surface area contributed by atoms with Crippen LogP contribution in [0.15, 0.2) is 75.1 Å². The second-order valence-corrected chi connectivity index (χ2v) is 8.84. The van der Waals surface area contributed by atoms with Gasteiger partial charge in [0.1, 0.15) is 11.5 Å². The highest BCUT2D eigenvalue weighted by Gasteiger charge is 2.21. The van der Waals surface area contributed by atoms with Crippen LogP contribution in [-0.4, -0.2) is 37.9 Å². The first-order valence-electron chi connectivity index (χ1n) is 9.65. The molecule has 3 rings (SSSR count).